The standard InChI is InChI=1S/C23H22N4O5S/c1-13(28)15-5-7-16(8-6-15)26-23(29)32-19-12-31-20-18(11-30-21(19)20)27-22(33)25-17-4-2-3-14(9-17)10-24/h2-9,18-21H,11-12H2,1H3,(H,26,29)(H2,25,27,33). The van der Waals surface area contributed by atoms with E-state index < -0.39 is 18.3 Å². The van der Waals surface area contributed by atoms with E-state index in [4.69, 9.17) is 31.7 Å². The molecule has 0 spiro atoms. The number of hydrogen-bond acceptors (Lipinski definition) is 7. The van der Waals surface area contributed by atoms with Crippen LogP contribution in [-0.2, 0) is 14.2 Å². The lowest BCUT2D eigenvalue weighted by Gasteiger charge is -2.20. The Balaban J connectivity index is 1.27. The van der Waals surface area contributed by atoms with Gasteiger partial charge in [0.05, 0.1) is 30.9 Å². The van der Waals surface area contributed by atoms with Crippen molar-refractivity contribution in [3.8, 4) is 6.07 Å². The van der Waals surface area contributed by atoms with Gasteiger partial charge in [-0.3, -0.25) is 10.1 Å². The largest absolute Gasteiger partial charge is 0.441 e. The Hall–Kier alpha value is -3.52. The zero-order chi connectivity index (χ0) is 23.4. The number of rotatable bonds is 5. The number of anilines is 2. The molecule has 0 bridgehead atoms. The average Bonchev–Trinajstić information content (AvgIpc) is 3.37. The third-order valence-corrected chi connectivity index (χ3v) is 5.59. The van der Waals surface area contributed by atoms with E-state index in [1.165, 1.54) is 6.92 Å². The van der Waals surface area contributed by atoms with Crippen molar-refractivity contribution in [2.45, 2.75) is 31.3 Å². The summed E-state index contributed by atoms with van der Waals surface area (Å²) in [5.41, 5.74) is 2.30. The number of hydrogen-bond donors (Lipinski definition) is 3. The number of thiocarbonyl (C=S) groups is 1. The molecule has 0 aromatic heterocycles. The minimum atomic E-state index is -0.630. The maximum absolute atomic E-state index is 12.3. The first kappa shape index (κ1) is 22.7. The monoisotopic (exact) mass is 466 g/mol. The lowest BCUT2D eigenvalue weighted by molar-refractivity contribution is 0.00880. The number of ketones is 1. The molecule has 4 unspecified atom stereocenters. The third kappa shape index (κ3) is 5.46. The van der Waals surface area contributed by atoms with Gasteiger partial charge in [0.15, 0.2) is 17.0 Å². The van der Waals surface area contributed by atoms with E-state index >= 15 is 0 Å². The van der Waals surface area contributed by atoms with Crippen LogP contribution in [-0.4, -0.2) is 54.6 Å². The van der Waals surface area contributed by atoms with Crippen LogP contribution in [0.5, 0.6) is 0 Å². The van der Waals surface area contributed by atoms with Crippen molar-refractivity contribution in [1.29, 1.82) is 5.26 Å². The van der Waals surface area contributed by atoms with Crippen molar-refractivity contribution in [1.82, 2.24) is 5.32 Å². The van der Waals surface area contributed by atoms with Gasteiger partial charge in [-0.15, -0.1) is 0 Å². The number of nitrogens with zero attached hydrogens (tertiary/aromatic N) is 1. The predicted molar refractivity (Wildman–Crippen MR) is 124 cm³/mol. The molecule has 2 aromatic carbocycles. The molecule has 2 saturated heterocycles. The summed E-state index contributed by atoms with van der Waals surface area (Å²) in [5, 5.41) is 18.2. The van der Waals surface area contributed by atoms with E-state index in [1.54, 1.807) is 42.5 Å². The summed E-state index contributed by atoms with van der Waals surface area (Å²) in [6.45, 7) is 2.02. The first-order valence-corrected chi connectivity index (χ1v) is 10.7. The van der Waals surface area contributed by atoms with Crippen molar-refractivity contribution in [3.05, 3.63) is 59.7 Å². The van der Waals surface area contributed by atoms with Crippen LogP contribution in [0.2, 0.25) is 0 Å². The highest BCUT2D eigenvalue weighted by molar-refractivity contribution is 7.80. The number of carbonyl (C=O) groups excluding carboxylic acids is 2. The summed E-state index contributed by atoms with van der Waals surface area (Å²) in [6, 6.07) is 15.4. The molecule has 33 heavy (non-hydrogen) atoms. The molecule has 10 heteroatoms. The molecule has 2 heterocycles. The van der Waals surface area contributed by atoms with Crippen LogP contribution in [0.1, 0.15) is 22.8 Å². The molecule has 3 N–H and O–H groups in total. The van der Waals surface area contributed by atoms with E-state index in [-0.39, 0.29) is 24.5 Å². The molecule has 1 amide bonds. The Morgan fingerprint density at radius 1 is 1.06 bits per heavy atom. The minimum absolute atomic E-state index is 0.0508. The molecule has 0 aliphatic carbocycles. The zero-order valence-electron chi connectivity index (χ0n) is 17.7. The maximum atomic E-state index is 12.3. The van der Waals surface area contributed by atoms with Crippen LogP contribution in [0.4, 0.5) is 16.2 Å². The SMILES string of the molecule is CC(=O)c1ccc(NC(=O)OC2COC3C(NC(=S)Nc4cccc(C#N)c4)COC23)cc1. The van der Waals surface area contributed by atoms with Gasteiger partial charge in [0.2, 0.25) is 0 Å². The molecule has 0 radical (unpaired) electrons. The summed E-state index contributed by atoms with van der Waals surface area (Å²) in [4.78, 5) is 23.7. The lowest BCUT2D eigenvalue weighted by atomic mass is 10.1. The summed E-state index contributed by atoms with van der Waals surface area (Å²) in [5.74, 6) is -0.0508. The van der Waals surface area contributed by atoms with Gasteiger partial charge >= 0.3 is 6.09 Å². The van der Waals surface area contributed by atoms with Gasteiger partial charge in [0.1, 0.15) is 12.2 Å². The normalized spacial score (nSPS) is 23.2. The van der Waals surface area contributed by atoms with Gasteiger partial charge in [-0.25, -0.2) is 4.79 Å². The van der Waals surface area contributed by atoms with Crippen LogP contribution in [0.15, 0.2) is 48.5 Å². The summed E-state index contributed by atoms with van der Waals surface area (Å²) < 4.78 is 17.2. The van der Waals surface area contributed by atoms with Gasteiger partial charge in [0, 0.05) is 16.9 Å². The molecule has 4 rings (SSSR count). The quantitative estimate of drug-likeness (QED) is 0.451. The van der Waals surface area contributed by atoms with Gasteiger partial charge in [-0.05, 0) is 61.6 Å². The van der Waals surface area contributed by atoms with Crippen LogP contribution in [0.25, 0.3) is 0 Å². The fourth-order valence-corrected chi connectivity index (χ4v) is 4.03. The Morgan fingerprint density at radius 2 is 1.82 bits per heavy atom. The molecule has 0 saturated carbocycles. The number of fused-ring (bicyclic) bond motifs is 1. The molecule has 2 aromatic rings. The average molecular weight is 467 g/mol. The van der Waals surface area contributed by atoms with Crippen LogP contribution in [0, 0.1) is 11.3 Å². The van der Waals surface area contributed by atoms with Crippen LogP contribution in [0.3, 0.4) is 0 Å². The number of amides is 1. The zero-order valence-corrected chi connectivity index (χ0v) is 18.6. The Labute approximate surface area is 196 Å². The number of nitrogens with one attached hydrogen (secondary N) is 3. The van der Waals surface area contributed by atoms with Gasteiger partial charge in [-0.2, -0.15) is 5.26 Å². The lowest BCUT2D eigenvalue weighted by Crippen LogP contribution is -2.46. The molecular weight excluding hydrogens is 444 g/mol. The molecule has 170 valence electrons. The summed E-state index contributed by atoms with van der Waals surface area (Å²) in [6.07, 6.45) is -1.94. The third-order valence-electron chi connectivity index (χ3n) is 5.37. The van der Waals surface area contributed by atoms with Crippen LogP contribution < -0.4 is 16.0 Å². The predicted octanol–water partition coefficient (Wildman–Crippen LogP) is 2.83. The fraction of sp³-hybridized carbons (Fsp3) is 0.304. The van der Waals surface area contributed by atoms with Crippen molar-refractivity contribution in [3.63, 3.8) is 0 Å². The highest BCUT2D eigenvalue weighted by Gasteiger charge is 2.49. The number of benzene rings is 2. The minimum Gasteiger partial charge on any atom is -0.441 e. The number of carbonyl (C=O) groups is 2. The topological polar surface area (TPSA) is 122 Å². The second-order valence-electron chi connectivity index (χ2n) is 7.70. The van der Waals surface area contributed by atoms with E-state index in [1.807, 2.05) is 6.07 Å². The fourth-order valence-electron chi connectivity index (χ4n) is 3.76. The number of ether oxygens (including phenoxy) is 3. The molecular formula is C23H22N4O5S. The highest BCUT2D eigenvalue weighted by atomic mass is 32.1. The summed E-state index contributed by atoms with van der Waals surface area (Å²) in [7, 11) is 0. The van der Waals surface area contributed by atoms with Crippen molar-refractivity contribution >= 4 is 40.6 Å². The molecule has 2 aliphatic rings. The Kier molecular flexibility index (Phi) is 6.84. The van der Waals surface area contributed by atoms with Crippen molar-refractivity contribution in [2.24, 2.45) is 0 Å². The van der Waals surface area contributed by atoms with E-state index in [9.17, 15) is 9.59 Å². The van der Waals surface area contributed by atoms with E-state index in [0.29, 0.717) is 34.2 Å². The molecule has 2 aliphatic heterocycles. The smallest absolute Gasteiger partial charge is 0.412 e. The number of Topliss-reactive ketones (excluding diaryl/α,β-unsaturated/α-hetero) is 1. The first-order valence-electron chi connectivity index (χ1n) is 10.3. The number of nitriles is 1. The van der Waals surface area contributed by atoms with Gasteiger partial charge in [0.25, 0.3) is 0 Å². The first-order chi connectivity index (χ1) is 15.9. The van der Waals surface area contributed by atoms with Crippen LogP contribution >= 0.6 is 12.2 Å². The van der Waals surface area contributed by atoms with Crippen molar-refractivity contribution in [2.75, 3.05) is 23.8 Å². The summed E-state index contributed by atoms with van der Waals surface area (Å²) >= 11 is 5.38. The molecule has 4 atom stereocenters. The van der Waals surface area contributed by atoms with E-state index in [0.717, 1.165) is 0 Å². The second-order valence-corrected chi connectivity index (χ2v) is 8.10. The van der Waals surface area contributed by atoms with E-state index in [2.05, 4.69) is 22.0 Å². The van der Waals surface area contributed by atoms with Crippen molar-refractivity contribution < 1.29 is 23.8 Å². The maximum Gasteiger partial charge on any atom is 0.412 e. The Morgan fingerprint density at radius 3 is 2.55 bits per heavy atom. The molecule has 2 fully saturated rings. The second kappa shape index (κ2) is 9.95. The van der Waals surface area contributed by atoms with Gasteiger partial charge < -0.3 is 24.8 Å². The highest BCUT2D eigenvalue weighted by Crippen LogP contribution is 2.29. The Bertz CT molecular complexity index is 1100. The van der Waals surface area contributed by atoms with Gasteiger partial charge in [-0.1, -0.05) is 6.07 Å². The molecule has 9 nitrogen and oxygen atoms in total.